The average molecular weight is 248 g/mol. The zero-order valence-corrected chi connectivity index (χ0v) is 9.30. The molecular weight excluding hydrogens is 233 g/mol. The Morgan fingerprint density at radius 3 is 2.65 bits per heavy atom. The molecule has 0 amide bonds. The van der Waals surface area contributed by atoms with Crippen LogP contribution in [0.4, 0.5) is 19.1 Å². The van der Waals surface area contributed by atoms with Crippen LogP contribution in [0.1, 0.15) is 25.0 Å². The summed E-state index contributed by atoms with van der Waals surface area (Å²) < 4.78 is 37.0. The van der Waals surface area contributed by atoms with Crippen molar-refractivity contribution in [1.82, 2.24) is 9.97 Å². The minimum atomic E-state index is -4.43. The van der Waals surface area contributed by atoms with Crippen molar-refractivity contribution >= 4 is 5.95 Å². The second-order valence-corrected chi connectivity index (χ2v) is 3.54. The van der Waals surface area contributed by atoms with E-state index in [0.29, 0.717) is 13.1 Å². The first-order valence-corrected chi connectivity index (χ1v) is 5.38. The van der Waals surface area contributed by atoms with Gasteiger partial charge in [-0.25, -0.2) is 9.97 Å². The highest BCUT2D eigenvalue weighted by atomic mass is 19.4. The molecule has 0 atom stereocenters. The summed E-state index contributed by atoms with van der Waals surface area (Å²) in [6.07, 6.45) is -0.665. The Labute approximate surface area is 97.4 Å². The molecule has 7 heteroatoms. The SMILES string of the molecule is NCCCCCNc1nccc(C(F)(F)F)n1. The third kappa shape index (κ3) is 4.99. The lowest BCUT2D eigenvalue weighted by molar-refractivity contribution is -0.141. The van der Waals surface area contributed by atoms with Gasteiger partial charge in [-0.1, -0.05) is 6.42 Å². The molecule has 0 bridgehead atoms. The van der Waals surface area contributed by atoms with Crippen LogP contribution in [0.25, 0.3) is 0 Å². The van der Waals surface area contributed by atoms with Crippen molar-refractivity contribution in [3.8, 4) is 0 Å². The summed E-state index contributed by atoms with van der Waals surface area (Å²) in [4.78, 5) is 7.11. The maximum absolute atomic E-state index is 12.3. The van der Waals surface area contributed by atoms with Gasteiger partial charge in [0.15, 0.2) is 0 Å². The fourth-order valence-electron chi connectivity index (χ4n) is 1.25. The Kier molecular flexibility index (Phi) is 5.14. The van der Waals surface area contributed by atoms with Crippen LogP contribution in [-0.4, -0.2) is 23.1 Å². The van der Waals surface area contributed by atoms with Gasteiger partial charge in [0.2, 0.25) is 5.95 Å². The van der Waals surface area contributed by atoms with Crippen LogP contribution in [0.15, 0.2) is 12.3 Å². The monoisotopic (exact) mass is 248 g/mol. The average Bonchev–Trinajstić information content (AvgIpc) is 2.28. The molecule has 0 radical (unpaired) electrons. The van der Waals surface area contributed by atoms with Gasteiger partial charge in [-0.2, -0.15) is 13.2 Å². The first-order valence-electron chi connectivity index (χ1n) is 5.38. The van der Waals surface area contributed by atoms with E-state index in [0.717, 1.165) is 31.5 Å². The summed E-state index contributed by atoms with van der Waals surface area (Å²) in [6, 6.07) is 0.847. The molecule has 0 spiro atoms. The summed E-state index contributed by atoms with van der Waals surface area (Å²) in [5.74, 6) is 0.00701. The third-order valence-corrected chi connectivity index (χ3v) is 2.11. The number of alkyl halides is 3. The van der Waals surface area contributed by atoms with Gasteiger partial charge in [-0.3, -0.25) is 0 Å². The smallest absolute Gasteiger partial charge is 0.354 e. The summed E-state index contributed by atoms with van der Waals surface area (Å²) in [5, 5.41) is 2.75. The Bertz CT molecular complexity index is 341. The number of nitrogens with one attached hydrogen (secondary N) is 1. The van der Waals surface area contributed by atoms with E-state index < -0.39 is 11.9 Å². The fourth-order valence-corrected chi connectivity index (χ4v) is 1.25. The normalized spacial score (nSPS) is 11.5. The fraction of sp³-hybridized carbons (Fsp3) is 0.600. The number of rotatable bonds is 6. The van der Waals surface area contributed by atoms with E-state index in [2.05, 4.69) is 15.3 Å². The highest BCUT2D eigenvalue weighted by Crippen LogP contribution is 2.27. The maximum Gasteiger partial charge on any atom is 0.433 e. The predicted octanol–water partition coefficient (Wildman–Crippen LogP) is 2.04. The Hall–Kier alpha value is -1.37. The largest absolute Gasteiger partial charge is 0.433 e. The standard InChI is InChI=1S/C10H15F3N4/c11-10(12,13)8-4-7-16-9(17-8)15-6-3-1-2-5-14/h4,7H,1-3,5-6,14H2,(H,15,16,17). The molecule has 0 aliphatic heterocycles. The molecule has 0 saturated heterocycles. The van der Waals surface area contributed by atoms with Crippen LogP contribution in [-0.2, 0) is 6.18 Å². The maximum atomic E-state index is 12.3. The minimum absolute atomic E-state index is 0.00701. The van der Waals surface area contributed by atoms with E-state index in [4.69, 9.17) is 5.73 Å². The van der Waals surface area contributed by atoms with Gasteiger partial charge in [0.1, 0.15) is 5.69 Å². The molecule has 0 aromatic carbocycles. The number of nitrogens with zero attached hydrogens (tertiary/aromatic N) is 2. The van der Waals surface area contributed by atoms with E-state index in [1.54, 1.807) is 0 Å². The van der Waals surface area contributed by atoms with Crippen LogP contribution >= 0.6 is 0 Å². The summed E-state index contributed by atoms with van der Waals surface area (Å²) in [6.45, 7) is 1.17. The molecular formula is C10H15F3N4. The topological polar surface area (TPSA) is 63.8 Å². The Balaban J connectivity index is 2.44. The minimum Gasteiger partial charge on any atom is -0.354 e. The van der Waals surface area contributed by atoms with Gasteiger partial charge < -0.3 is 11.1 Å². The lowest BCUT2D eigenvalue weighted by Gasteiger charge is -2.08. The molecule has 0 aliphatic carbocycles. The second kappa shape index (κ2) is 6.39. The third-order valence-electron chi connectivity index (χ3n) is 2.11. The quantitative estimate of drug-likeness (QED) is 0.756. The molecule has 4 nitrogen and oxygen atoms in total. The molecule has 1 heterocycles. The zero-order chi connectivity index (χ0) is 12.7. The van der Waals surface area contributed by atoms with Gasteiger partial charge in [0.05, 0.1) is 0 Å². The van der Waals surface area contributed by atoms with Crippen LogP contribution in [0, 0.1) is 0 Å². The van der Waals surface area contributed by atoms with Crippen molar-refractivity contribution in [2.24, 2.45) is 5.73 Å². The predicted molar refractivity (Wildman–Crippen MR) is 58.4 cm³/mol. The summed E-state index contributed by atoms with van der Waals surface area (Å²) >= 11 is 0. The van der Waals surface area contributed by atoms with Crippen LogP contribution in [0.3, 0.4) is 0 Å². The molecule has 3 N–H and O–H groups in total. The molecule has 17 heavy (non-hydrogen) atoms. The number of hydrogen-bond donors (Lipinski definition) is 2. The Morgan fingerprint density at radius 2 is 2.00 bits per heavy atom. The molecule has 0 saturated carbocycles. The summed E-state index contributed by atoms with van der Waals surface area (Å²) in [7, 11) is 0. The van der Waals surface area contributed by atoms with E-state index >= 15 is 0 Å². The van der Waals surface area contributed by atoms with E-state index in [1.807, 2.05) is 0 Å². The van der Waals surface area contributed by atoms with Crippen molar-refractivity contribution in [2.45, 2.75) is 25.4 Å². The zero-order valence-electron chi connectivity index (χ0n) is 9.30. The van der Waals surface area contributed by atoms with E-state index in [9.17, 15) is 13.2 Å². The van der Waals surface area contributed by atoms with Gasteiger partial charge in [-0.15, -0.1) is 0 Å². The molecule has 1 aromatic rings. The number of halogens is 3. The second-order valence-electron chi connectivity index (χ2n) is 3.54. The first kappa shape index (κ1) is 13.7. The first-order chi connectivity index (χ1) is 8.04. The van der Waals surface area contributed by atoms with Crippen LogP contribution in [0.5, 0.6) is 0 Å². The van der Waals surface area contributed by atoms with E-state index in [-0.39, 0.29) is 5.95 Å². The molecule has 0 aliphatic rings. The van der Waals surface area contributed by atoms with Crippen molar-refractivity contribution in [3.63, 3.8) is 0 Å². The van der Waals surface area contributed by atoms with Gasteiger partial charge in [-0.05, 0) is 25.5 Å². The van der Waals surface area contributed by atoms with Gasteiger partial charge in [0, 0.05) is 12.7 Å². The lowest BCUT2D eigenvalue weighted by atomic mass is 10.2. The highest BCUT2D eigenvalue weighted by Gasteiger charge is 2.32. The highest BCUT2D eigenvalue weighted by molar-refractivity contribution is 5.25. The lowest BCUT2D eigenvalue weighted by Crippen LogP contribution is -2.12. The molecule has 1 aromatic heterocycles. The number of anilines is 1. The molecule has 1 rings (SSSR count). The summed E-state index contributed by atoms with van der Waals surface area (Å²) in [5.41, 5.74) is 4.39. The number of unbranched alkanes of at least 4 members (excludes halogenated alkanes) is 2. The Morgan fingerprint density at radius 1 is 1.24 bits per heavy atom. The molecule has 0 unspecified atom stereocenters. The molecule has 0 fully saturated rings. The van der Waals surface area contributed by atoms with Crippen molar-refractivity contribution in [3.05, 3.63) is 18.0 Å². The van der Waals surface area contributed by atoms with Crippen molar-refractivity contribution < 1.29 is 13.2 Å². The number of aromatic nitrogens is 2. The van der Waals surface area contributed by atoms with Crippen molar-refractivity contribution in [1.29, 1.82) is 0 Å². The van der Waals surface area contributed by atoms with E-state index in [1.165, 1.54) is 0 Å². The number of nitrogens with two attached hydrogens (primary N) is 1. The van der Waals surface area contributed by atoms with Crippen molar-refractivity contribution in [2.75, 3.05) is 18.4 Å². The van der Waals surface area contributed by atoms with Crippen LogP contribution in [0.2, 0.25) is 0 Å². The number of hydrogen-bond acceptors (Lipinski definition) is 4. The van der Waals surface area contributed by atoms with Gasteiger partial charge >= 0.3 is 6.18 Å². The van der Waals surface area contributed by atoms with Crippen LogP contribution < -0.4 is 11.1 Å². The van der Waals surface area contributed by atoms with Gasteiger partial charge in [0.25, 0.3) is 0 Å². The molecule has 96 valence electrons.